The lowest BCUT2D eigenvalue weighted by molar-refractivity contribution is -0.162. The number of nitrogens with zero attached hydrogens (tertiary/aromatic N) is 2. The largest absolute Gasteiger partial charge is 0.466 e. The third-order valence-electron chi connectivity index (χ3n) is 8.94. The van der Waals surface area contributed by atoms with Gasteiger partial charge in [0.2, 0.25) is 5.91 Å². The van der Waals surface area contributed by atoms with Gasteiger partial charge in [-0.15, -0.1) is 6.58 Å². The molecule has 2 unspecified atom stereocenters. The molecule has 0 saturated carbocycles. The molecule has 8 heteroatoms. The van der Waals surface area contributed by atoms with Gasteiger partial charge in [-0.1, -0.05) is 39.0 Å². The highest BCUT2D eigenvalue weighted by atomic mass is 16.6. The Kier molecular flexibility index (Phi) is 7.79. The van der Waals surface area contributed by atoms with Crippen LogP contribution in [0.4, 0.5) is 5.69 Å². The summed E-state index contributed by atoms with van der Waals surface area (Å²) in [6.45, 7) is 15.5. The fraction of sp³-hybridized carbons (Fsp3) is 0.633. The zero-order chi connectivity index (χ0) is 28.0. The molecule has 3 aliphatic heterocycles. The molecule has 38 heavy (non-hydrogen) atoms. The Balaban J connectivity index is 1.91. The number of aryl methyl sites for hydroxylation is 2. The van der Waals surface area contributed by atoms with Crippen LogP contribution in [0.5, 0.6) is 0 Å². The van der Waals surface area contributed by atoms with Crippen molar-refractivity contribution in [2.75, 3.05) is 24.7 Å². The number of hydrogen-bond donors (Lipinski definition) is 1. The second-order valence-corrected chi connectivity index (χ2v) is 11.4. The van der Waals surface area contributed by atoms with E-state index in [2.05, 4.69) is 6.58 Å². The van der Waals surface area contributed by atoms with Gasteiger partial charge >= 0.3 is 5.97 Å². The number of benzene rings is 1. The van der Waals surface area contributed by atoms with Crippen LogP contribution in [-0.2, 0) is 23.9 Å². The Morgan fingerprint density at radius 1 is 1.29 bits per heavy atom. The SMILES string of the molecule is C=CCN(C(=O)C1N([C@@H](CO)C(C)C)C(=O)[C@@H]2[C@@H](C(=O)OCC)[C@@]3(CC)CCC12O3)c1cc(C)ccc1C. The Morgan fingerprint density at radius 3 is 2.58 bits per heavy atom. The van der Waals surface area contributed by atoms with E-state index in [1.54, 1.807) is 17.9 Å². The highest BCUT2D eigenvalue weighted by Gasteiger charge is 2.79. The smallest absolute Gasteiger partial charge is 0.312 e. The van der Waals surface area contributed by atoms with Gasteiger partial charge in [0, 0.05) is 12.2 Å². The third-order valence-corrected chi connectivity index (χ3v) is 8.94. The summed E-state index contributed by atoms with van der Waals surface area (Å²) in [5.74, 6) is -2.82. The number of anilines is 1. The number of aliphatic hydroxyl groups excluding tert-OH is 1. The van der Waals surface area contributed by atoms with Gasteiger partial charge in [0.1, 0.15) is 17.6 Å². The van der Waals surface area contributed by atoms with Crippen LogP contribution in [0.15, 0.2) is 30.9 Å². The van der Waals surface area contributed by atoms with Gasteiger partial charge in [-0.2, -0.15) is 0 Å². The van der Waals surface area contributed by atoms with Gasteiger partial charge in [-0.3, -0.25) is 14.4 Å². The summed E-state index contributed by atoms with van der Waals surface area (Å²) in [7, 11) is 0. The Labute approximate surface area is 226 Å². The molecule has 3 heterocycles. The van der Waals surface area contributed by atoms with E-state index in [4.69, 9.17) is 9.47 Å². The van der Waals surface area contributed by atoms with Crippen LogP contribution in [0.3, 0.4) is 0 Å². The van der Waals surface area contributed by atoms with E-state index in [1.807, 2.05) is 52.8 Å². The maximum Gasteiger partial charge on any atom is 0.312 e. The van der Waals surface area contributed by atoms with E-state index >= 15 is 0 Å². The highest BCUT2D eigenvalue weighted by molar-refractivity contribution is 6.05. The lowest BCUT2D eigenvalue weighted by Gasteiger charge is -2.41. The van der Waals surface area contributed by atoms with Gasteiger partial charge in [-0.25, -0.2) is 0 Å². The molecular weight excluding hydrogens is 484 g/mol. The van der Waals surface area contributed by atoms with Crippen molar-refractivity contribution in [1.82, 2.24) is 4.90 Å². The Bertz CT molecular complexity index is 1120. The maximum atomic E-state index is 14.7. The zero-order valence-electron chi connectivity index (χ0n) is 23.5. The fourth-order valence-corrected chi connectivity index (χ4v) is 7.10. The first-order valence-electron chi connectivity index (χ1n) is 13.8. The summed E-state index contributed by atoms with van der Waals surface area (Å²) in [6.07, 6.45) is 3.24. The van der Waals surface area contributed by atoms with Crippen LogP contribution >= 0.6 is 0 Å². The first kappa shape index (κ1) is 28.3. The molecule has 3 aliphatic rings. The molecule has 1 spiro atoms. The molecule has 3 fully saturated rings. The number of amides is 2. The second kappa shape index (κ2) is 10.5. The van der Waals surface area contributed by atoms with Crippen molar-refractivity contribution in [1.29, 1.82) is 0 Å². The van der Waals surface area contributed by atoms with Crippen molar-refractivity contribution in [2.45, 2.75) is 84.1 Å². The summed E-state index contributed by atoms with van der Waals surface area (Å²) in [5, 5.41) is 10.4. The summed E-state index contributed by atoms with van der Waals surface area (Å²) < 4.78 is 12.3. The first-order chi connectivity index (χ1) is 18.0. The second-order valence-electron chi connectivity index (χ2n) is 11.4. The molecule has 1 aromatic carbocycles. The number of fused-ring (bicyclic) bond motifs is 1. The molecule has 4 rings (SSSR count). The van der Waals surface area contributed by atoms with Gasteiger partial charge in [-0.05, 0) is 63.1 Å². The Morgan fingerprint density at radius 2 is 2.00 bits per heavy atom. The van der Waals surface area contributed by atoms with Crippen LogP contribution in [0.2, 0.25) is 0 Å². The summed E-state index contributed by atoms with van der Waals surface area (Å²) in [5.41, 5.74) is 0.632. The number of likely N-dealkylation sites (tertiary alicyclic amines) is 1. The average molecular weight is 527 g/mol. The van der Waals surface area contributed by atoms with Gasteiger partial charge < -0.3 is 24.4 Å². The van der Waals surface area contributed by atoms with E-state index in [1.165, 1.54) is 4.90 Å². The van der Waals surface area contributed by atoms with Crippen LogP contribution in [0, 0.1) is 31.6 Å². The number of esters is 1. The summed E-state index contributed by atoms with van der Waals surface area (Å²) >= 11 is 0. The molecule has 1 aromatic rings. The van der Waals surface area contributed by atoms with Gasteiger partial charge in [0.25, 0.3) is 5.91 Å². The van der Waals surface area contributed by atoms with E-state index in [0.29, 0.717) is 19.3 Å². The van der Waals surface area contributed by atoms with Crippen LogP contribution in [-0.4, -0.2) is 70.8 Å². The monoisotopic (exact) mass is 526 g/mol. The number of carbonyl (C=O) groups excluding carboxylic acids is 3. The van der Waals surface area contributed by atoms with Crippen molar-refractivity contribution in [3.63, 3.8) is 0 Å². The number of aliphatic hydroxyl groups is 1. The van der Waals surface area contributed by atoms with E-state index < -0.39 is 41.1 Å². The minimum Gasteiger partial charge on any atom is -0.466 e. The normalized spacial score (nSPS) is 30.5. The molecule has 0 aliphatic carbocycles. The quantitative estimate of drug-likeness (QED) is 0.370. The van der Waals surface area contributed by atoms with Crippen LogP contribution in [0.1, 0.15) is 58.1 Å². The van der Waals surface area contributed by atoms with Gasteiger partial charge in [0.05, 0.1) is 30.8 Å². The summed E-state index contributed by atoms with van der Waals surface area (Å²) in [6, 6.07) is 4.32. The first-order valence-corrected chi connectivity index (χ1v) is 13.8. The average Bonchev–Trinajstić information content (AvgIpc) is 3.48. The predicted molar refractivity (Wildman–Crippen MR) is 144 cm³/mol. The molecule has 6 atom stereocenters. The minimum absolute atomic E-state index is 0.124. The zero-order valence-corrected chi connectivity index (χ0v) is 23.5. The molecule has 3 saturated heterocycles. The fourth-order valence-electron chi connectivity index (χ4n) is 7.10. The predicted octanol–water partition coefficient (Wildman–Crippen LogP) is 3.56. The maximum absolute atomic E-state index is 14.7. The van der Waals surface area contributed by atoms with E-state index in [0.717, 1.165) is 16.8 Å². The van der Waals surface area contributed by atoms with Crippen molar-refractivity contribution in [3.8, 4) is 0 Å². The minimum atomic E-state index is -1.18. The molecule has 2 amide bonds. The van der Waals surface area contributed by atoms with Crippen molar-refractivity contribution in [2.24, 2.45) is 17.8 Å². The molecule has 2 bridgehead atoms. The van der Waals surface area contributed by atoms with Crippen molar-refractivity contribution in [3.05, 3.63) is 42.0 Å². The number of rotatable bonds is 10. The van der Waals surface area contributed by atoms with E-state index in [9.17, 15) is 19.5 Å². The molecular formula is C30H42N2O6. The molecule has 208 valence electrons. The molecule has 0 aromatic heterocycles. The lowest BCUT2D eigenvalue weighted by atomic mass is 9.65. The van der Waals surface area contributed by atoms with Crippen molar-refractivity contribution < 1.29 is 29.0 Å². The Hall–Kier alpha value is -2.71. The molecule has 0 radical (unpaired) electrons. The van der Waals surface area contributed by atoms with Crippen LogP contribution in [0.25, 0.3) is 0 Å². The number of ether oxygens (including phenoxy) is 2. The number of hydrogen-bond acceptors (Lipinski definition) is 6. The standard InChI is InChI=1S/C30H42N2O6/c1-8-15-31(21-16-19(6)11-12-20(21)7)27(35)25-30-14-13-29(9-2,38-30)24(28(36)37-10-3)23(30)26(34)32(25)22(17-33)18(4)5/h8,11-12,16,18,22-25,33H,1,9-10,13-15,17H2,2-7H3/t22-,23-,24-,25?,29+,30?/m0/s1. The number of carbonyl (C=O) groups is 3. The van der Waals surface area contributed by atoms with Crippen LogP contribution < -0.4 is 4.90 Å². The molecule has 8 nitrogen and oxygen atoms in total. The molecule has 1 N–H and O–H groups in total. The lowest BCUT2D eigenvalue weighted by Crippen LogP contribution is -2.60. The highest BCUT2D eigenvalue weighted by Crippen LogP contribution is 2.65. The van der Waals surface area contributed by atoms with Gasteiger partial charge in [0.15, 0.2) is 0 Å². The topological polar surface area (TPSA) is 96.4 Å². The summed E-state index contributed by atoms with van der Waals surface area (Å²) in [4.78, 5) is 45.6. The third kappa shape index (κ3) is 4.08. The van der Waals surface area contributed by atoms with E-state index in [-0.39, 0.29) is 37.5 Å². The van der Waals surface area contributed by atoms with Crippen molar-refractivity contribution >= 4 is 23.5 Å².